The molecule has 0 radical (unpaired) electrons. The van der Waals surface area contributed by atoms with E-state index in [0.29, 0.717) is 6.04 Å². The standard InChI is InChI=1S/C16H17Br2NS/c1-19-14(15-9-13(17)16(18)20-15)8-10-5-6-11-3-2-4-12(11)7-10/h5-7,9,14,19H,2-4,8H2,1H3. The number of rotatable bonds is 4. The molecule has 1 aliphatic rings. The highest BCUT2D eigenvalue weighted by Crippen LogP contribution is 2.36. The maximum absolute atomic E-state index is 3.58. The Morgan fingerprint density at radius 2 is 2.00 bits per heavy atom. The van der Waals surface area contributed by atoms with Gasteiger partial charge in [0.1, 0.15) is 0 Å². The fourth-order valence-corrected chi connectivity index (χ4v) is 5.07. The summed E-state index contributed by atoms with van der Waals surface area (Å²) >= 11 is 8.96. The Balaban J connectivity index is 1.81. The average molecular weight is 415 g/mol. The van der Waals surface area contributed by atoms with E-state index in [9.17, 15) is 0 Å². The third-order valence-corrected chi connectivity index (χ3v) is 7.33. The van der Waals surface area contributed by atoms with Crippen molar-refractivity contribution in [2.45, 2.75) is 31.7 Å². The molecule has 4 heteroatoms. The monoisotopic (exact) mass is 413 g/mol. The van der Waals surface area contributed by atoms with Gasteiger partial charge in [-0.15, -0.1) is 11.3 Å². The molecule has 1 aliphatic carbocycles. The molecule has 0 amide bonds. The van der Waals surface area contributed by atoms with E-state index in [0.717, 1.165) is 10.9 Å². The minimum atomic E-state index is 0.377. The van der Waals surface area contributed by atoms with Gasteiger partial charge in [-0.05, 0) is 87.3 Å². The molecule has 106 valence electrons. The van der Waals surface area contributed by atoms with Crippen LogP contribution in [0, 0.1) is 0 Å². The molecule has 1 heterocycles. The van der Waals surface area contributed by atoms with Gasteiger partial charge in [-0.25, -0.2) is 0 Å². The molecular weight excluding hydrogens is 398 g/mol. The van der Waals surface area contributed by atoms with Crippen LogP contribution in [0.2, 0.25) is 0 Å². The lowest BCUT2D eigenvalue weighted by atomic mass is 10.0. The van der Waals surface area contributed by atoms with Gasteiger partial charge in [-0.2, -0.15) is 0 Å². The van der Waals surface area contributed by atoms with Gasteiger partial charge in [-0.3, -0.25) is 0 Å². The van der Waals surface area contributed by atoms with Gasteiger partial charge in [0.25, 0.3) is 0 Å². The Hall–Kier alpha value is -0.160. The molecule has 0 spiro atoms. The van der Waals surface area contributed by atoms with E-state index in [4.69, 9.17) is 0 Å². The second-order valence-corrected chi connectivity index (χ2v) is 8.53. The molecule has 0 aliphatic heterocycles. The Bertz CT molecular complexity index is 601. The quantitative estimate of drug-likeness (QED) is 0.718. The van der Waals surface area contributed by atoms with Gasteiger partial charge < -0.3 is 5.32 Å². The van der Waals surface area contributed by atoms with Crippen molar-refractivity contribution in [2.75, 3.05) is 7.05 Å². The highest BCUT2D eigenvalue weighted by atomic mass is 79.9. The van der Waals surface area contributed by atoms with Crippen LogP contribution in [0.3, 0.4) is 0 Å². The topological polar surface area (TPSA) is 12.0 Å². The normalized spacial score (nSPS) is 15.3. The first-order chi connectivity index (χ1) is 9.67. The molecule has 1 unspecified atom stereocenters. The van der Waals surface area contributed by atoms with Crippen LogP contribution >= 0.6 is 43.2 Å². The van der Waals surface area contributed by atoms with E-state index >= 15 is 0 Å². The molecule has 2 aromatic rings. The van der Waals surface area contributed by atoms with Crippen LogP contribution in [0.1, 0.15) is 34.0 Å². The summed E-state index contributed by atoms with van der Waals surface area (Å²) in [7, 11) is 2.04. The van der Waals surface area contributed by atoms with E-state index in [1.807, 2.05) is 7.05 Å². The predicted octanol–water partition coefficient (Wildman–Crippen LogP) is 5.27. The maximum atomic E-state index is 3.58. The second-order valence-electron chi connectivity index (χ2n) is 5.27. The number of aryl methyl sites for hydroxylation is 2. The SMILES string of the molecule is CNC(Cc1ccc2c(c1)CCC2)c1cc(Br)c(Br)s1. The molecule has 0 saturated heterocycles. The van der Waals surface area contributed by atoms with Gasteiger partial charge in [0.15, 0.2) is 0 Å². The van der Waals surface area contributed by atoms with Crippen LogP contribution in [0.15, 0.2) is 32.5 Å². The Morgan fingerprint density at radius 3 is 2.70 bits per heavy atom. The summed E-state index contributed by atoms with van der Waals surface area (Å²) in [6.07, 6.45) is 4.88. The summed E-state index contributed by atoms with van der Waals surface area (Å²) in [4.78, 5) is 1.37. The van der Waals surface area contributed by atoms with Crippen LogP contribution in [0.25, 0.3) is 0 Å². The Labute approximate surface area is 141 Å². The second kappa shape index (κ2) is 6.30. The van der Waals surface area contributed by atoms with Crippen molar-refractivity contribution in [1.29, 1.82) is 0 Å². The van der Waals surface area contributed by atoms with Gasteiger partial charge in [0.05, 0.1) is 3.79 Å². The third kappa shape index (κ3) is 3.03. The average Bonchev–Trinajstić information content (AvgIpc) is 3.03. The first kappa shape index (κ1) is 14.8. The number of thiophene rings is 1. The number of hydrogen-bond donors (Lipinski definition) is 1. The molecule has 1 aromatic heterocycles. The predicted molar refractivity (Wildman–Crippen MR) is 93.7 cm³/mol. The van der Waals surface area contributed by atoms with Crippen molar-refractivity contribution in [1.82, 2.24) is 5.32 Å². The van der Waals surface area contributed by atoms with Crippen molar-refractivity contribution >= 4 is 43.2 Å². The van der Waals surface area contributed by atoms with Crippen molar-refractivity contribution in [3.8, 4) is 0 Å². The summed E-state index contributed by atoms with van der Waals surface area (Å²) in [5.74, 6) is 0. The first-order valence-electron chi connectivity index (χ1n) is 6.90. The molecule has 0 saturated carbocycles. The maximum Gasteiger partial charge on any atom is 0.0843 e. The van der Waals surface area contributed by atoms with Crippen molar-refractivity contribution in [3.05, 3.63) is 54.1 Å². The van der Waals surface area contributed by atoms with Gasteiger partial charge in [0, 0.05) is 15.4 Å². The largest absolute Gasteiger partial charge is 0.312 e. The zero-order valence-electron chi connectivity index (χ0n) is 11.4. The fourth-order valence-electron chi connectivity index (χ4n) is 2.87. The van der Waals surface area contributed by atoms with Gasteiger partial charge in [0.2, 0.25) is 0 Å². The zero-order valence-corrected chi connectivity index (χ0v) is 15.4. The van der Waals surface area contributed by atoms with Crippen LogP contribution in [0.5, 0.6) is 0 Å². The molecule has 1 atom stereocenters. The zero-order chi connectivity index (χ0) is 14.1. The number of fused-ring (bicyclic) bond motifs is 1. The summed E-state index contributed by atoms with van der Waals surface area (Å²) in [6.45, 7) is 0. The molecule has 3 rings (SSSR count). The number of halogens is 2. The van der Waals surface area contributed by atoms with Crippen molar-refractivity contribution < 1.29 is 0 Å². The number of nitrogens with one attached hydrogen (secondary N) is 1. The first-order valence-corrected chi connectivity index (χ1v) is 9.30. The smallest absolute Gasteiger partial charge is 0.0843 e. The van der Waals surface area contributed by atoms with E-state index in [1.54, 1.807) is 22.5 Å². The summed E-state index contributed by atoms with van der Waals surface area (Å²) in [6, 6.07) is 9.62. The lowest BCUT2D eigenvalue weighted by Crippen LogP contribution is -2.17. The highest BCUT2D eigenvalue weighted by molar-refractivity contribution is 9.13. The number of benzene rings is 1. The molecule has 1 N–H and O–H groups in total. The minimum absolute atomic E-state index is 0.377. The number of hydrogen-bond acceptors (Lipinski definition) is 2. The molecule has 20 heavy (non-hydrogen) atoms. The lowest BCUT2D eigenvalue weighted by Gasteiger charge is -2.15. The molecule has 1 nitrogen and oxygen atoms in total. The fraction of sp³-hybridized carbons (Fsp3) is 0.375. The Morgan fingerprint density at radius 1 is 1.20 bits per heavy atom. The van der Waals surface area contributed by atoms with Crippen LogP contribution < -0.4 is 5.32 Å². The van der Waals surface area contributed by atoms with Crippen LogP contribution in [-0.4, -0.2) is 7.05 Å². The number of likely N-dealkylation sites (N-methyl/N-ethyl adjacent to an activating group) is 1. The van der Waals surface area contributed by atoms with Crippen molar-refractivity contribution in [2.24, 2.45) is 0 Å². The van der Waals surface area contributed by atoms with Crippen LogP contribution in [0.4, 0.5) is 0 Å². The molecular formula is C16H17Br2NS. The van der Waals surface area contributed by atoms with E-state index in [-0.39, 0.29) is 0 Å². The summed E-state index contributed by atoms with van der Waals surface area (Å²) < 4.78 is 2.31. The van der Waals surface area contributed by atoms with E-state index < -0.39 is 0 Å². The summed E-state index contributed by atoms with van der Waals surface area (Å²) in [5.41, 5.74) is 4.55. The molecule has 1 aromatic carbocycles. The van der Waals surface area contributed by atoms with E-state index in [2.05, 4.69) is 61.4 Å². The molecule has 0 fully saturated rings. The van der Waals surface area contributed by atoms with Gasteiger partial charge >= 0.3 is 0 Å². The lowest BCUT2D eigenvalue weighted by molar-refractivity contribution is 0.602. The van der Waals surface area contributed by atoms with Crippen LogP contribution in [-0.2, 0) is 19.3 Å². The Kier molecular flexibility index (Phi) is 4.65. The highest BCUT2D eigenvalue weighted by Gasteiger charge is 2.16. The van der Waals surface area contributed by atoms with E-state index in [1.165, 1.54) is 33.5 Å². The van der Waals surface area contributed by atoms with Gasteiger partial charge in [-0.1, -0.05) is 18.2 Å². The molecule has 0 bridgehead atoms. The third-order valence-electron chi connectivity index (χ3n) is 3.96. The summed E-state index contributed by atoms with van der Waals surface area (Å²) in [5, 5.41) is 3.44. The van der Waals surface area contributed by atoms with Crippen molar-refractivity contribution in [3.63, 3.8) is 0 Å². The minimum Gasteiger partial charge on any atom is -0.312 e.